The summed E-state index contributed by atoms with van der Waals surface area (Å²) in [6.45, 7) is 4.46. The quantitative estimate of drug-likeness (QED) is 0.677. The zero-order chi connectivity index (χ0) is 14.8. The second-order valence-electron chi connectivity index (χ2n) is 4.56. The van der Waals surface area contributed by atoms with Gasteiger partial charge in [0.2, 0.25) is 11.9 Å². The fourth-order valence-corrected chi connectivity index (χ4v) is 3.14. The number of hydrogen-bond acceptors (Lipinski definition) is 5. The van der Waals surface area contributed by atoms with Gasteiger partial charge < -0.3 is 0 Å². The van der Waals surface area contributed by atoms with Crippen LogP contribution < -0.4 is 5.32 Å². The van der Waals surface area contributed by atoms with Crippen LogP contribution in [0.5, 0.6) is 0 Å². The van der Waals surface area contributed by atoms with Crippen LogP contribution in [0.3, 0.4) is 0 Å². The number of benzene rings is 1. The molecule has 8 heteroatoms. The first-order valence-corrected chi connectivity index (χ1v) is 7.61. The number of carbonyl (C=O) groups is 1. The van der Waals surface area contributed by atoms with Crippen molar-refractivity contribution in [1.82, 2.24) is 20.2 Å². The third-order valence-corrected chi connectivity index (χ3v) is 4.44. The van der Waals surface area contributed by atoms with Crippen LogP contribution in [0.2, 0.25) is 0 Å². The number of amides is 1. The number of anilines is 1. The summed E-state index contributed by atoms with van der Waals surface area (Å²) in [7, 11) is 0. The van der Waals surface area contributed by atoms with E-state index in [0.717, 1.165) is 21.8 Å². The molecule has 0 atom stereocenters. The molecule has 0 radical (unpaired) electrons. The van der Waals surface area contributed by atoms with E-state index in [0.29, 0.717) is 18.1 Å². The molecule has 1 aliphatic rings. The van der Waals surface area contributed by atoms with Crippen LogP contribution >= 0.6 is 11.8 Å². The molecule has 1 amide bonds. The van der Waals surface area contributed by atoms with Gasteiger partial charge in [-0.1, -0.05) is 16.9 Å². The van der Waals surface area contributed by atoms with E-state index in [9.17, 15) is 4.79 Å². The Morgan fingerprint density at radius 2 is 2.36 bits per heavy atom. The van der Waals surface area contributed by atoms with Gasteiger partial charge in [-0.25, -0.2) is 4.68 Å². The molecule has 22 heavy (non-hydrogen) atoms. The number of carbonyl (C=O) groups excluding carboxylic acids is 1. The first-order valence-electron chi connectivity index (χ1n) is 6.63. The van der Waals surface area contributed by atoms with Gasteiger partial charge in [-0.15, -0.1) is 35.4 Å². The van der Waals surface area contributed by atoms with E-state index < -0.39 is 0 Å². The van der Waals surface area contributed by atoms with Crippen molar-refractivity contribution in [3.05, 3.63) is 34.9 Å². The van der Waals surface area contributed by atoms with Crippen LogP contribution in [0.4, 0.5) is 5.95 Å². The number of aryl methyl sites for hydroxylation is 1. The van der Waals surface area contributed by atoms with Crippen molar-refractivity contribution in [2.45, 2.75) is 25.3 Å². The molecule has 0 aliphatic carbocycles. The third kappa shape index (κ3) is 3.15. The van der Waals surface area contributed by atoms with E-state index >= 15 is 0 Å². The molecule has 1 aliphatic heterocycles. The second kappa shape index (κ2) is 7.20. The number of fused-ring (bicyclic) bond motifs is 1. The van der Waals surface area contributed by atoms with Crippen LogP contribution in [0.15, 0.2) is 17.0 Å². The molecule has 0 bridgehead atoms. The summed E-state index contributed by atoms with van der Waals surface area (Å²) < 4.78 is 1.53. The summed E-state index contributed by atoms with van der Waals surface area (Å²) in [5.41, 5.74) is 2.60. The van der Waals surface area contributed by atoms with Crippen LogP contribution in [0.1, 0.15) is 28.4 Å². The minimum absolute atomic E-state index is 0. The molecular weight excluding hydrogens is 470 g/mol. The van der Waals surface area contributed by atoms with Crippen molar-refractivity contribution in [2.24, 2.45) is 0 Å². The Hall–Kier alpha value is -1.46. The maximum Gasteiger partial charge on any atom is 0.249 e. The summed E-state index contributed by atoms with van der Waals surface area (Å²) in [6, 6.07) is 4.88. The number of tetrazole rings is 1. The van der Waals surface area contributed by atoms with E-state index in [4.69, 9.17) is 0 Å². The van der Waals surface area contributed by atoms with Crippen LogP contribution in [0.25, 0.3) is 6.08 Å². The molecule has 0 spiro atoms. The minimum Gasteiger partial charge on any atom is -0.297 e. The maximum absolute atomic E-state index is 12.4. The van der Waals surface area contributed by atoms with Crippen molar-refractivity contribution in [2.75, 3.05) is 11.1 Å². The van der Waals surface area contributed by atoms with Gasteiger partial charge in [-0.2, -0.15) is 11.8 Å². The van der Waals surface area contributed by atoms with E-state index in [2.05, 4.69) is 33.0 Å². The van der Waals surface area contributed by atoms with Gasteiger partial charge in [-0.05, 0) is 28.7 Å². The number of aromatic nitrogens is 4. The van der Waals surface area contributed by atoms with Crippen molar-refractivity contribution in [3.8, 4) is 0 Å². The van der Waals surface area contributed by atoms with Gasteiger partial charge in [0.05, 0.1) is 0 Å². The third-order valence-electron chi connectivity index (χ3n) is 3.27. The number of nitrogens with one attached hydrogen (secondary N) is 1. The first kappa shape index (κ1) is 16.9. The fraction of sp³-hybridized carbons (Fsp3) is 0.286. The van der Waals surface area contributed by atoms with Crippen molar-refractivity contribution in [3.63, 3.8) is 0 Å². The average Bonchev–Trinajstić information content (AvgIpc) is 2.95. The minimum atomic E-state index is -0.216. The van der Waals surface area contributed by atoms with Gasteiger partial charge >= 0.3 is 0 Å². The molecule has 0 saturated carbocycles. The number of rotatable bonds is 3. The Kier molecular flexibility index (Phi) is 5.53. The molecular formula is C14H14N5OSW-. The first-order chi connectivity index (χ1) is 10.2. The molecule has 2 heterocycles. The van der Waals surface area contributed by atoms with E-state index in [1.54, 1.807) is 17.8 Å². The SMILES string of the molecule is CCn1nnnc1NC(=O)c1c[c-]c2c(c1C)SCC=C2.[W]. The van der Waals surface area contributed by atoms with Crippen molar-refractivity contribution < 1.29 is 25.9 Å². The molecule has 114 valence electrons. The van der Waals surface area contributed by atoms with Gasteiger partial charge in [0, 0.05) is 27.6 Å². The Morgan fingerprint density at radius 1 is 1.55 bits per heavy atom. The zero-order valence-corrected chi connectivity index (χ0v) is 15.9. The molecule has 1 N–H and O–H groups in total. The van der Waals surface area contributed by atoms with Crippen molar-refractivity contribution >= 4 is 29.7 Å². The van der Waals surface area contributed by atoms with E-state index in [-0.39, 0.29) is 27.0 Å². The Morgan fingerprint density at radius 3 is 3.14 bits per heavy atom. The molecule has 3 rings (SSSR count). The topological polar surface area (TPSA) is 72.7 Å². The summed E-state index contributed by atoms with van der Waals surface area (Å²) in [6.07, 6.45) is 4.14. The molecule has 2 aromatic rings. The summed E-state index contributed by atoms with van der Waals surface area (Å²) in [5, 5.41) is 13.9. The van der Waals surface area contributed by atoms with Gasteiger partial charge in [-0.3, -0.25) is 10.1 Å². The smallest absolute Gasteiger partial charge is 0.249 e. The molecule has 6 nitrogen and oxygen atoms in total. The van der Waals surface area contributed by atoms with Crippen LogP contribution in [-0.2, 0) is 27.6 Å². The summed E-state index contributed by atoms with van der Waals surface area (Å²) in [4.78, 5) is 13.5. The van der Waals surface area contributed by atoms with E-state index in [1.807, 2.05) is 19.9 Å². The standard InChI is InChI=1S/C14H14N5OS.W/c1-3-19-14(16-17-18-19)15-13(20)11-7-6-10-5-4-8-21-12(10)9(11)2;/h4-5,7H,3,8H2,1-2H3,(H,15,16,18,20);/q-1;. The molecule has 0 fully saturated rings. The average molecular weight is 484 g/mol. The van der Waals surface area contributed by atoms with Gasteiger partial charge in [0.1, 0.15) is 0 Å². The predicted molar refractivity (Wildman–Crippen MR) is 81.2 cm³/mol. The largest absolute Gasteiger partial charge is 0.297 e. The van der Waals surface area contributed by atoms with Crippen molar-refractivity contribution in [1.29, 1.82) is 0 Å². The van der Waals surface area contributed by atoms with Gasteiger partial charge in [0.15, 0.2) is 0 Å². The molecule has 1 aromatic heterocycles. The van der Waals surface area contributed by atoms with Crippen LogP contribution in [-0.4, -0.2) is 31.9 Å². The predicted octanol–water partition coefficient (Wildman–Crippen LogP) is 2.17. The summed E-state index contributed by atoms with van der Waals surface area (Å²) >= 11 is 1.72. The van der Waals surface area contributed by atoms with Gasteiger partial charge in [0.25, 0.3) is 0 Å². The zero-order valence-electron chi connectivity index (χ0n) is 12.2. The second-order valence-corrected chi connectivity index (χ2v) is 5.59. The molecule has 0 unspecified atom stereocenters. The Labute approximate surface area is 147 Å². The van der Waals surface area contributed by atoms with E-state index in [1.165, 1.54) is 4.68 Å². The molecule has 0 saturated heterocycles. The number of thioether (sulfide) groups is 1. The monoisotopic (exact) mass is 484 g/mol. The number of hydrogen-bond donors (Lipinski definition) is 1. The Balaban J connectivity index is 0.00000176. The number of nitrogens with zero attached hydrogens (tertiary/aromatic N) is 4. The Bertz CT molecular complexity index is 728. The molecule has 1 aromatic carbocycles. The normalized spacial score (nSPS) is 12.5. The summed E-state index contributed by atoms with van der Waals surface area (Å²) in [5.74, 6) is 1.05. The maximum atomic E-state index is 12.4. The fourth-order valence-electron chi connectivity index (χ4n) is 2.17. The van der Waals surface area contributed by atoms with Crippen LogP contribution in [0, 0.1) is 13.0 Å².